The average Bonchev–Trinajstić information content (AvgIpc) is 3.36. The van der Waals surface area contributed by atoms with Crippen molar-refractivity contribution in [1.82, 2.24) is 9.80 Å². The monoisotopic (exact) mass is 404 g/mol. The van der Waals surface area contributed by atoms with E-state index in [4.69, 9.17) is 9.15 Å². The van der Waals surface area contributed by atoms with Gasteiger partial charge in [0, 0.05) is 24.7 Å². The highest BCUT2D eigenvalue weighted by molar-refractivity contribution is 6.22. The van der Waals surface area contributed by atoms with Crippen LogP contribution in [0.2, 0.25) is 0 Å². The van der Waals surface area contributed by atoms with E-state index in [0.29, 0.717) is 23.6 Å². The predicted molar refractivity (Wildman–Crippen MR) is 108 cm³/mol. The Morgan fingerprint density at radius 2 is 1.80 bits per heavy atom. The molecule has 0 saturated heterocycles. The quantitative estimate of drug-likeness (QED) is 0.589. The summed E-state index contributed by atoms with van der Waals surface area (Å²) in [5.74, 6) is 0.118. The second-order valence-corrected chi connectivity index (χ2v) is 7.01. The molecule has 7 nitrogen and oxygen atoms in total. The smallest absolute Gasteiger partial charge is 0.261 e. The number of imide groups is 1. The van der Waals surface area contributed by atoms with Crippen molar-refractivity contribution >= 4 is 17.7 Å². The van der Waals surface area contributed by atoms with E-state index in [0.717, 1.165) is 10.5 Å². The Morgan fingerprint density at radius 1 is 1.03 bits per heavy atom. The molecule has 1 aliphatic heterocycles. The van der Waals surface area contributed by atoms with Gasteiger partial charge in [0.05, 0.1) is 31.0 Å². The molecule has 0 N–H and O–H groups in total. The number of methoxy groups -OCH3 is 1. The van der Waals surface area contributed by atoms with Gasteiger partial charge in [-0.15, -0.1) is 0 Å². The maximum Gasteiger partial charge on any atom is 0.261 e. The number of para-hydroxylation sites is 1. The second-order valence-electron chi connectivity index (χ2n) is 7.01. The fourth-order valence-corrected chi connectivity index (χ4v) is 3.51. The fourth-order valence-electron chi connectivity index (χ4n) is 3.51. The van der Waals surface area contributed by atoms with Gasteiger partial charge >= 0.3 is 0 Å². The third-order valence-corrected chi connectivity index (χ3v) is 5.06. The first-order valence-electron chi connectivity index (χ1n) is 9.39. The molecule has 0 aliphatic carbocycles. The molecule has 3 amide bonds. The zero-order valence-electron chi connectivity index (χ0n) is 16.6. The Hall–Kier alpha value is -3.87. The minimum absolute atomic E-state index is 0.0519. The molecule has 0 bridgehead atoms. The van der Waals surface area contributed by atoms with Crippen LogP contribution in [0.3, 0.4) is 0 Å². The maximum absolute atomic E-state index is 12.9. The first kappa shape index (κ1) is 19.4. The average molecular weight is 404 g/mol. The number of carbonyl (C=O) groups is 3. The van der Waals surface area contributed by atoms with Gasteiger partial charge in [-0.3, -0.25) is 19.3 Å². The molecule has 0 saturated carbocycles. The third-order valence-electron chi connectivity index (χ3n) is 5.06. The Kier molecular flexibility index (Phi) is 5.10. The highest BCUT2D eigenvalue weighted by Crippen LogP contribution is 2.27. The van der Waals surface area contributed by atoms with Gasteiger partial charge in [-0.2, -0.15) is 0 Å². The number of rotatable bonds is 6. The lowest BCUT2D eigenvalue weighted by Gasteiger charge is -2.19. The minimum atomic E-state index is -0.437. The summed E-state index contributed by atoms with van der Waals surface area (Å²) in [6.45, 7) is 0.397. The normalized spacial score (nSPS) is 12.8. The van der Waals surface area contributed by atoms with Crippen LogP contribution in [0.5, 0.6) is 5.75 Å². The van der Waals surface area contributed by atoms with Gasteiger partial charge in [-0.1, -0.05) is 18.2 Å². The summed E-state index contributed by atoms with van der Waals surface area (Å²) in [6.07, 6.45) is 1.49. The van der Waals surface area contributed by atoms with E-state index in [9.17, 15) is 14.4 Å². The van der Waals surface area contributed by atoms with E-state index < -0.39 is 11.8 Å². The number of hydrogen-bond acceptors (Lipinski definition) is 5. The Balaban J connectivity index is 1.55. The molecule has 0 fully saturated rings. The lowest BCUT2D eigenvalue weighted by molar-refractivity contribution is 0.0631. The summed E-state index contributed by atoms with van der Waals surface area (Å²) >= 11 is 0. The molecular formula is C23H20N2O5. The fraction of sp³-hybridized carbons (Fsp3) is 0.174. The first-order valence-corrected chi connectivity index (χ1v) is 9.39. The molecule has 2 aromatic carbocycles. The Bertz CT molecular complexity index is 1120. The van der Waals surface area contributed by atoms with Crippen LogP contribution >= 0.6 is 0 Å². The summed E-state index contributed by atoms with van der Waals surface area (Å²) in [5.41, 5.74) is 1.72. The first-order chi connectivity index (χ1) is 14.5. The van der Waals surface area contributed by atoms with Gasteiger partial charge < -0.3 is 14.1 Å². The van der Waals surface area contributed by atoms with Crippen LogP contribution in [-0.2, 0) is 13.1 Å². The number of hydrogen-bond donors (Lipinski definition) is 0. The molecular weight excluding hydrogens is 384 g/mol. The summed E-state index contributed by atoms with van der Waals surface area (Å²) < 4.78 is 10.6. The van der Waals surface area contributed by atoms with Crippen molar-refractivity contribution < 1.29 is 23.5 Å². The number of fused-ring (bicyclic) bond motifs is 1. The molecule has 0 atom stereocenters. The van der Waals surface area contributed by atoms with Crippen LogP contribution in [0, 0.1) is 0 Å². The summed E-state index contributed by atoms with van der Waals surface area (Å²) in [6, 6.07) is 15.4. The lowest BCUT2D eigenvalue weighted by Crippen LogP contribution is -2.29. The molecule has 152 valence electrons. The zero-order valence-corrected chi connectivity index (χ0v) is 16.6. The molecule has 30 heavy (non-hydrogen) atoms. The molecule has 3 aromatic rings. The van der Waals surface area contributed by atoms with Crippen molar-refractivity contribution in [3.05, 3.63) is 88.9 Å². The van der Waals surface area contributed by atoms with Crippen LogP contribution in [0.1, 0.15) is 42.4 Å². The van der Waals surface area contributed by atoms with Gasteiger partial charge in [0.1, 0.15) is 11.5 Å². The van der Waals surface area contributed by atoms with Crippen molar-refractivity contribution in [2.45, 2.75) is 13.1 Å². The van der Waals surface area contributed by atoms with Crippen molar-refractivity contribution in [2.75, 3.05) is 14.2 Å². The topological polar surface area (TPSA) is 80.1 Å². The van der Waals surface area contributed by atoms with Gasteiger partial charge in [-0.25, -0.2) is 0 Å². The summed E-state index contributed by atoms with van der Waals surface area (Å²) in [7, 11) is 3.26. The van der Waals surface area contributed by atoms with Crippen molar-refractivity contribution in [3.63, 3.8) is 0 Å². The van der Waals surface area contributed by atoms with Crippen molar-refractivity contribution in [2.24, 2.45) is 0 Å². The lowest BCUT2D eigenvalue weighted by atomic mass is 10.0. The molecule has 0 unspecified atom stereocenters. The van der Waals surface area contributed by atoms with Gasteiger partial charge in [0.15, 0.2) is 0 Å². The maximum atomic E-state index is 12.9. The van der Waals surface area contributed by atoms with Crippen LogP contribution in [0.4, 0.5) is 0 Å². The Morgan fingerprint density at radius 3 is 2.53 bits per heavy atom. The molecule has 4 rings (SSSR count). The van der Waals surface area contributed by atoms with Crippen LogP contribution in [-0.4, -0.2) is 41.7 Å². The van der Waals surface area contributed by atoms with Gasteiger partial charge in [-0.05, 0) is 36.4 Å². The van der Waals surface area contributed by atoms with E-state index in [1.54, 1.807) is 37.3 Å². The van der Waals surface area contributed by atoms with E-state index in [-0.39, 0.29) is 23.6 Å². The minimum Gasteiger partial charge on any atom is -0.496 e. The molecule has 0 radical (unpaired) electrons. The van der Waals surface area contributed by atoms with Gasteiger partial charge in [0.25, 0.3) is 17.7 Å². The Labute approximate surface area is 173 Å². The number of amides is 3. The second kappa shape index (κ2) is 7.87. The van der Waals surface area contributed by atoms with Crippen LogP contribution < -0.4 is 4.74 Å². The molecule has 1 aliphatic rings. The summed E-state index contributed by atoms with van der Waals surface area (Å²) in [4.78, 5) is 41.0. The van der Waals surface area contributed by atoms with E-state index in [1.165, 1.54) is 18.4 Å². The predicted octanol–water partition coefficient (Wildman–Crippen LogP) is 3.36. The number of nitrogens with zero attached hydrogens (tertiary/aromatic N) is 2. The molecule has 7 heteroatoms. The molecule has 0 spiro atoms. The van der Waals surface area contributed by atoms with Crippen LogP contribution in [0.15, 0.2) is 65.3 Å². The molecule has 1 aromatic heterocycles. The number of furan rings is 1. The van der Waals surface area contributed by atoms with E-state index in [2.05, 4.69) is 0 Å². The SMILES string of the molecule is COc1ccccc1CN(C)C(=O)c1ccc2c(c1)C(=O)N(Cc1ccco1)C2=O. The molecule has 2 heterocycles. The van der Waals surface area contributed by atoms with Crippen LogP contribution in [0.25, 0.3) is 0 Å². The van der Waals surface area contributed by atoms with Gasteiger partial charge in [0.2, 0.25) is 0 Å². The third kappa shape index (κ3) is 3.45. The highest BCUT2D eigenvalue weighted by Gasteiger charge is 2.36. The van der Waals surface area contributed by atoms with E-state index >= 15 is 0 Å². The highest BCUT2D eigenvalue weighted by atomic mass is 16.5. The van der Waals surface area contributed by atoms with E-state index in [1.807, 2.05) is 24.3 Å². The van der Waals surface area contributed by atoms with Crippen molar-refractivity contribution in [1.29, 1.82) is 0 Å². The number of benzene rings is 2. The zero-order chi connectivity index (χ0) is 21.3. The summed E-state index contributed by atoms with van der Waals surface area (Å²) in [5, 5.41) is 0. The number of ether oxygens (including phenoxy) is 1. The largest absolute Gasteiger partial charge is 0.496 e. The van der Waals surface area contributed by atoms with Crippen molar-refractivity contribution in [3.8, 4) is 5.75 Å². The standard InChI is InChI=1S/C23H20N2O5/c1-24(13-16-6-3-4-8-20(16)29-2)21(26)15-9-10-18-19(12-15)23(28)25(22(18)27)14-17-7-5-11-30-17/h3-12H,13-14H2,1-2H3. The number of carbonyl (C=O) groups excluding carboxylic acids is 3.